The molecule has 1 amide bonds. The fourth-order valence-electron chi connectivity index (χ4n) is 1.46. The van der Waals surface area contributed by atoms with Crippen LogP contribution in [-0.4, -0.2) is 30.5 Å². The van der Waals surface area contributed by atoms with Gasteiger partial charge in [-0.3, -0.25) is 4.79 Å². The lowest BCUT2D eigenvalue weighted by Gasteiger charge is -2.12. The molecule has 0 aliphatic rings. The average molecular weight is 327 g/mol. The predicted octanol–water partition coefficient (Wildman–Crippen LogP) is 2.73. The summed E-state index contributed by atoms with van der Waals surface area (Å²) in [5.74, 6) is 0.641. The molecule has 0 saturated heterocycles. The second-order valence-electron chi connectivity index (χ2n) is 3.69. The van der Waals surface area contributed by atoms with Gasteiger partial charge < -0.3 is 14.8 Å². The number of carbonyl (C=O) groups is 1. The lowest BCUT2D eigenvalue weighted by molar-refractivity contribution is -0.120. The van der Waals surface area contributed by atoms with Gasteiger partial charge in [0.15, 0.2) is 11.5 Å². The fourth-order valence-corrected chi connectivity index (χ4v) is 1.66. The highest BCUT2D eigenvalue weighted by atomic mass is 35.6. The van der Waals surface area contributed by atoms with E-state index >= 15 is 0 Å². The number of carbonyl (C=O) groups excluding carboxylic acids is 1. The maximum Gasteiger partial charge on any atom is 0.272 e. The zero-order valence-electron chi connectivity index (χ0n) is 10.5. The summed E-state index contributed by atoms with van der Waals surface area (Å²) in [5, 5.41) is 2.53. The molecule has 0 unspecified atom stereocenters. The van der Waals surface area contributed by atoms with Gasteiger partial charge in [0.25, 0.3) is 9.70 Å². The second kappa shape index (κ2) is 7.08. The van der Waals surface area contributed by atoms with Gasteiger partial charge in [0.05, 0.1) is 14.2 Å². The smallest absolute Gasteiger partial charge is 0.272 e. The summed E-state index contributed by atoms with van der Waals surface area (Å²) in [6.07, 6.45) is 0.590. The van der Waals surface area contributed by atoms with E-state index in [9.17, 15) is 4.79 Å². The number of halogens is 3. The molecule has 4 nitrogen and oxygen atoms in total. The molecule has 0 saturated carbocycles. The number of benzene rings is 1. The fraction of sp³-hybridized carbons (Fsp3) is 0.417. The monoisotopic (exact) mass is 325 g/mol. The Balaban J connectivity index is 2.57. The van der Waals surface area contributed by atoms with Crippen molar-refractivity contribution in [1.82, 2.24) is 5.32 Å². The number of hydrogen-bond acceptors (Lipinski definition) is 3. The first-order valence-corrected chi connectivity index (χ1v) is 6.57. The van der Waals surface area contributed by atoms with Crippen LogP contribution in [0.3, 0.4) is 0 Å². The summed E-state index contributed by atoms with van der Waals surface area (Å²) in [7, 11) is 3.13. The molecular formula is C12H14Cl3NO3. The molecule has 0 bridgehead atoms. The van der Waals surface area contributed by atoms with Crippen molar-refractivity contribution in [3.8, 4) is 11.5 Å². The first-order valence-electron chi connectivity index (χ1n) is 5.44. The molecule has 7 heteroatoms. The predicted molar refractivity (Wildman–Crippen MR) is 76.5 cm³/mol. The van der Waals surface area contributed by atoms with Crippen molar-refractivity contribution in [1.29, 1.82) is 0 Å². The van der Waals surface area contributed by atoms with Crippen LogP contribution in [0.2, 0.25) is 0 Å². The first-order chi connectivity index (χ1) is 8.88. The van der Waals surface area contributed by atoms with Crippen LogP contribution < -0.4 is 14.8 Å². The molecule has 106 valence electrons. The highest BCUT2D eigenvalue weighted by Crippen LogP contribution is 2.28. The summed E-state index contributed by atoms with van der Waals surface area (Å²) in [5.41, 5.74) is 0.974. The van der Waals surface area contributed by atoms with Crippen molar-refractivity contribution in [3.05, 3.63) is 23.8 Å². The van der Waals surface area contributed by atoms with Crippen molar-refractivity contribution in [2.75, 3.05) is 20.8 Å². The maximum atomic E-state index is 11.3. The van der Waals surface area contributed by atoms with E-state index in [4.69, 9.17) is 44.3 Å². The van der Waals surface area contributed by atoms with Gasteiger partial charge in [-0.15, -0.1) is 0 Å². The summed E-state index contributed by atoms with van der Waals surface area (Å²) >= 11 is 16.3. The number of methoxy groups -OCH3 is 2. The molecule has 1 aromatic rings. The minimum Gasteiger partial charge on any atom is -0.493 e. The molecule has 0 atom stereocenters. The van der Waals surface area contributed by atoms with Crippen LogP contribution in [0.5, 0.6) is 11.5 Å². The van der Waals surface area contributed by atoms with Crippen LogP contribution >= 0.6 is 34.8 Å². The van der Waals surface area contributed by atoms with Crippen molar-refractivity contribution < 1.29 is 14.3 Å². The normalized spacial score (nSPS) is 11.0. The van der Waals surface area contributed by atoms with E-state index in [2.05, 4.69) is 5.32 Å². The summed E-state index contributed by atoms with van der Waals surface area (Å²) in [6, 6.07) is 5.51. The van der Waals surface area contributed by atoms with Gasteiger partial charge in [-0.25, -0.2) is 0 Å². The van der Waals surface area contributed by atoms with Gasteiger partial charge in [-0.2, -0.15) is 0 Å². The Hall–Kier alpha value is -0.840. The Morgan fingerprint density at radius 3 is 2.37 bits per heavy atom. The quantitative estimate of drug-likeness (QED) is 0.846. The van der Waals surface area contributed by atoms with Gasteiger partial charge in [0.2, 0.25) is 0 Å². The lowest BCUT2D eigenvalue weighted by Crippen LogP contribution is -2.35. The molecule has 1 aromatic carbocycles. The van der Waals surface area contributed by atoms with Crippen LogP contribution in [0.25, 0.3) is 0 Å². The van der Waals surface area contributed by atoms with Crippen molar-refractivity contribution in [2.24, 2.45) is 0 Å². The summed E-state index contributed by atoms with van der Waals surface area (Å²) in [4.78, 5) is 11.3. The van der Waals surface area contributed by atoms with E-state index < -0.39 is 9.70 Å². The van der Waals surface area contributed by atoms with Crippen molar-refractivity contribution >= 4 is 40.7 Å². The second-order valence-corrected chi connectivity index (χ2v) is 5.97. The number of rotatable bonds is 5. The molecule has 0 aliphatic carbocycles. The Labute approximate surface area is 126 Å². The molecule has 0 aliphatic heterocycles. The lowest BCUT2D eigenvalue weighted by atomic mass is 10.1. The van der Waals surface area contributed by atoms with E-state index in [0.29, 0.717) is 24.5 Å². The van der Waals surface area contributed by atoms with Crippen LogP contribution in [0.15, 0.2) is 18.2 Å². The first kappa shape index (κ1) is 16.2. The largest absolute Gasteiger partial charge is 0.493 e. The third kappa shape index (κ3) is 4.97. The Morgan fingerprint density at radius 1 is 1.21 bits per heavy atom. The molecular weight excluding hydrogens is 312 g/mol. The summed E-state index contributed by atoms with van der Waals surface area (Å²) in [6.45, 7) is 0.363. The van der Waals surface area contributed by atoms with Crippen LogP contribution in [0.4, 0.5) is 0 Å². The third-order valence-corrected chi connectivity index (χ3v) is 2.92. The molecule has 0 spiro atoms. The molecule has 0 heterocycles. The molecule has 0 radical (unpaired) electrons. The number of amides is 1. The van der Waals surface area contributed by atoms with Crippen molar-refractivity contribution in [2.45, 2.75) is 10.2 Å². The SMILES string of the molecule is COc1ccc(CCNC(=O)C(Cl)(Cl)Cl)cc1OC. The highest BCUT2D eigenvalue weighted by molar-refractivity contribution is 6.76. The maximum absolute atomic E-state index is 11.3. The van der Waals surface area contributed by atoms with Gasteiger partial charge in [0, 0.05) is 6.54 Å². The van der Waals surface area contributed by atoms with E-state index in [0.717, 1.165) is 5.56 Å². The Morgan fingerprint density at radius 2 is 1.84 bits per heavy atom. The number of alkyl halides is 3. The van der Waals surface area contributed by atoms with E-state index in [1.807, 2.05) is 12.1 Å². The molecule has 0 fully saturated rings. The number of nitrogens with one attached hydrogen (secondary N) is 1. The van der Waals surface area contributed by atoms with E-state index in [1.54, 1.807) is 20.3 Å². The standard InChI is InChI=1S/C12H14Cl3NO3/c1-18-9-4-3-8(7-10(9)19-2)5-6-16-11(17)12(13,14)15/h3-4,7H,5-6H2,1-2H3,(H,16,17). The zero-order valence-corrected chi connectivity index (χ0v) is 12.8. The minimum absolute atomic E-state index is 0.363. The van der Waals surface area contributed by atoms with Gasteiger partial charge >= 0.3 is 0 Å². The molecule has 1 N–H and O–H groups in total. The van der Waals surface area contributed by atoms with E-state index in [1.165, 1.54) is 0 Å². The topological polar surface area (TPSA) is 47.6 Å². The summed E-state index contributed by atoms with van der Waals surface area (Å²) < 4.78 is 8.38. The molecule has 1 rings (SSSR count). The Kier molecular flexibility index (Phi) is 6.04. The van der Waals surface area contributed by atoms with Gasteiger partial charge in [0.1, 0.15) is 0 Å². The van der Waals surface area contributed by atoms with E-state index in [-0.39, 0.29) is 0 Å². The average Bonchev–Trinajstić information content (AvgIpc) is 2.37. The van der Waals surface area contributed by atoms with Gasteiger partial charge in [-0.05, 0) is 24.1 Å². The highest BCUT2D eigenvalue weighted by Gasteiger charge is 2.29. The number of hydrogen-bond donors (Lipinski definition) is 1. The molecule has 0 aromatic heterocycles. The van der Waals surface area contributed by atoms with Crippen LogP contribution in [-0.2, 0) is 11.2 Å². The third-order valence-electron chi connectivity index (χ3n) is 2.40. The Bertz CT molecular complexity index is 446. The minimum atomic E-state index is -1.93. The molecule has 19 heavy (non-hydrogen) atoms. The number of ether oxygens (including phenoxy) is 2. The van der Waals surface area contributed by atoms with Crippen LogP contribution in [0.1, 0.15) is 5.56 Å². The van der Waals surface area contributed by atoms with Gasteiger partial charge in [-0.1, -0.05) is 40.9 Å². The zero-order chi connectivity index (χ0) is 14.5. The van der Waals surface area contributed by atoms with Crippen LogP contribution in [0, 0.1) is 0 Å². The van der Waals surface area contributed by atoms with Crippen molar-refractivity contribution in [3.63, 3.8) is 0 Å².